The van der Waals surface area contributed by atoms with Gasteiger partial charge in [-0.15, -0.1) is 0 Å². The molecule has 0 atom stereocenters. The van der Waals surface area contributed by atoms with Crippen LogP contribution in [0, 0.1) is 0 Å². The van der Waals surface area contributed by atoms with Crippen molar-refractivity contribution in [3.05, 3.63) is 78.1 Å². The van der Waals surface area contributed by atoms with Crippen LogP contribution in [0.25, 0.3) is 5.69 Å². The number of carbonyl (C=O) groups is 1. The highest BCUT2D eigenvalue weighted by Gasteiger charge is 2.14. The Morgan fingerprint density at radius 2 is 1.70 bits per heavy atom. The molecule has 0 spiro atoms. The average Bonchev–Trinajstić information content (AvgIpc) is 2.98. The molecule has 2 N–H and O–H groups in total. The van der Waals surface area contributed by atoms with Crippen molar-refractivity contribution in [2.75, 3.05) is 5.73 Å². The normalized spacial score (nSPS) is 10.4. The number of rotatable bonds is 3. The fourth-order valence-corrected chi connectivity index (χ4v) is 2.02. The zero-order valence-corrected chi connectivity index (χ0v) is 10.7. The summed E-state index contributed by atoms with van der Waals surface area (Å²) in [5.74, 6) is -0.120. The first-order chi connectivity index (χ1) is 9.75. The van der Waals surface area contributed by atoms with Crippen LogP contribution >= 0.6 is 0 Å². The van der Waals surface area contributed by atoms with Crippen LogP contribution in [0.15, 0.2) is 67.0 Å². The van der Waals surface area contributed by atoms with E-state index in [0.29, 0.717) is 16.8 Å². The van der Waals surface area contributed by atoms with Gasteiger partial charge in [-0.1, -0.05) is 30.3 Å². The molecule has 0 amide bonds. The van der Waals surface area contributed by atoms with Crippen LogP contribution in [-0.4, -0.2) is 15.6 Å². The lowest BCUT2D eigenvalue weighted by atomic mass is 10.0. The Balaban J connectivity index is 1.95. The van der Waals surface area contributed by atoms with Crippen molar-refractivity contribution in [2.45, 2.75) is 0 Å². The number of ketones is 1. The SMILES string of the molecule is Nc1ccccc1C(=O)c1cnn(-c2ccccc2)c1. The molecule has 4 nitrogen and oxygen atoms in total. The largest absolute Gasteiger partial charge is 0.398 e. The van der Waals surface area contributed by atoms with Gasteiger partial charge in [0.2, 0.25) is 0 Å². The Kier molecular flexibility index (Phi) is 3.05. The van der Waals surface area contributed by atoms with Gasteiger partial charge in [0.25, 0.3) is 0 Å². The van der Waals surface area contributed by atoms with E-state index in [9.17, 15) is 4.79 Å². The molecule has 0 bridgehead atoms. The maximum absolute atomic E-state index is 12.4. The highest BCUT2D eigenvalue weighted by Crippen LogP contribution is 2.17. The van der Waals surface area contributed by atoms with Crippen LogP contribution in [-0.2, 0) is 0 Å². The van der Waals surface area contributed by atoms with E-state index < -0.39 is 0 Å². The van der Waals surface area contributed by atoms with E-state index in [2.05, 4.69) is 5.10 Å². The summed E-state index contributed by atoms with van der Waals surface area (Å²) in [6.45, 7) is 0. The Morgan fingerprint density at radius 1 is 1.00 bits per heavy atom. The van der Waals surface area contributed by atoms with E-state index in [1.165, 1.54) is 0 Å². The maximum Gasteiger partial charge on any atom is 0.198 e. The van der Waals surface area contributed by atoms with E-state index >= 15 is 0 Å². The summed E-state index contributed by atoms with van der Waals surface area (Å²) in [5.41, 5.74) is 8.24. The molecular formula is C16H13N3O. The van der Waals surface area contributed by atoms with Crippen molar-refractivity contribution in [1.29, 1.82) is 0 Å². The lowest BCUT2D eigenvalue weighted by Gasteiger charge is -2.02. The van der Waals surface area contributed by atoms with Gasteiger partial charge < -0.3 is 5.73 Å². The Labute approximate surface area is 116 Å². The first kappa shape index (κ1) is 12.2. The molecule has 0 saturated heterocycles. The summed E-state index contributed by atoms with van der Waals surface area (Å²) in [5, 5.41) is 4.22. The van der Waals surface area contributed by atoms with Crippen LogP contribution in [0.3, 0.4) is 0 Å². The van der Waals surface area contributed by atoms with Crippen molar-refractivity contribution in [2.24, 2.45) is 0 Å². The number of nitrogens with two attached hydrogens (primary N) is 1. The average molecular weight is 263 g/mol. The number of hydrogen-bond donors (Lipinski definition) is 1. The molecule has 4 heteroatoms. The summed E-state index contributed by atoms with van der Waals surface area (Å²) < 4.78 is 1.67. The molecule has 3 aromatic rings. The first-order valence-electron chi connectivity index (χ1n) is 6.25. The van der Waals surface area contributed by atoms with Gasteiger partial charge in [0, 0.05) is 17.4 Å². The second kappa shape index (κ2) is 5.01. The minimum atomic E-state index is -0.120. The van der Waals surface area contributed by atoms with Gasteiger partial charge >= 0.3 is 0 Å². The molecule has 0 radical (unpaired) electrons. The second-order valence-electron chi connectivity index (χ2n) is 4.43. The number of benzene rings is 2. The van der Waals surface area contributed by atoms with Crippen LogP contribution in [0.2, 0.25) is 0 Å². The Hall–Kier alpha value is -2.88. The number of aromatic nitrogens is 2. The highest BCUT2D eigenvalue weighted by atomic mass is 16.1. The fourth-order valence-electron chi connectivity index (χ4n) is 2.02. The topological polar surface area (TPSA) is 60.9 Å². The quantitative estimate of drug-likeness (QED) is 0.583. The zero-order chi connectivity index (χ0) is 13.9. The molecule has 1 heterocycles. The van der Waals surface area contributed by atoms with Gasteiger partial charge in [-0.05, 0) is 24.3 Å². The fraction of sp³-hybridized carbons (Fsp3) is 0. The molecule has 0 aliphatic heterocycles. The minimum Gasteiger partial charge on any atom is -0.398 e. The third-order valence-corrected chi connectivity index (χ3v) is 3.07. The van der Waals surface area contributed by atoms with E-state index in [0.717, 1.165) is 5.69 Å². The summed E-state index contributed by atoms with van der Waals surface area (Å²) in [6.07, 6.45) is 3.27. The molecular weight excluding hydrogens is 250 g/mol. The predicted molar refractivity (Wildman–Crippen MR) is 77.9 cm³/mol. The summed E-state index contributed by atoms with van der Waals surface area (Å²) >= 11 is 0. The number of hydrogen-bond acceptors (Lipinski definition) is 3. The molecule has 2 aromatic carbocycles. The number of para-hydroxylation sites is 2. The predicted octanol–water partition coefficient (Wildman–Crippen LogP) is 2.69. The minimum absolute atomic E-state index is 0.120. The molecule has 0 aliphatic carbocycles. The Bertz CT molecular complexity index is 747. The molecule has 0 unspecified atom stereocenters. The van der Waals surface area contributed by atoms with Gasteiger partial charge in [0.05, 0.1) is 17.4 Å². The van der Waals surface area contributed by atoms with E-state index in [1.807, 2.05) is 30.3 Å². The number of nitrogen functional groups attached to an aromatic ring is 1. The number of nitrogens with zero attached hydrogens (tertiary/aromatic N) is 2. The maximum atomic E-state index is 12.4. The van der Waals surface area contributed by atoms with Gasteiger partial charge in [-0.2, -0.15) is 5.10 Å². The number of anilines is 1. The van der Waals surface area contributed by atoms with Gasteiger partial charge in [-0.25, -0.2) is 4.68 Å². The van der Waals surface area contributed by atoms with E-state index in [1.54, 1.807) is 41.3 Å². The van der Waals surface area contributed by atoms with Crippen molar-refractivity contribution in [3.8, 4) is 5.69 Å². The summed E-state index contributed by atoms with van der Waals surface area (Å²) in [7, 11) is 0. The number of carbonyl (C=O) groups excluding carboxylic acids is 1. The molecule has 20 heavy (non-hydrogen) atoms. The van der Waals surface area contributed by atoms with Gasteiger partial charge in [0.15, 0.2) is 5.78 Å². The Morgan fingerprint density at radius 3 is 2.45 bits per heavy atom. The van der Waals surface area contributed by atoms with Crippen molar-refractivity contribution in [1.82, 2.24) is 9.78 Å². The molecule has 98 valence electrons. The van der Waals surface area contributed by atoms with Gasteiger partial charge in [0.1, 0.15) is 0 Å². The molecule has 1 aromatic heterocycles. The van der Waals surface area contributed by atoms with Crippen molar-refractivity contribution < 1.29 is 4.79 Å². The standard InChI is InChI=1S/C16H13N3O/c17-15-9-5-4-8-14(15)16(20)12-10-18-19(11-12)13-6-2-1-3-7-13/h1-11H,17H2. The van der Waals surface area contributed by atoms with Crippen LogP contribution in [0.4, 0.5) is 5.69 Å². The van der Waals surface area contributed by atoms with E-state index in [4.69, 9.17) is 5.73 Å². The molecule has 3 rings (SSSR count). The van der Waals surface area contributed by atoms with Crippen LogP contribution in [0.5, 0.6) is 0 Å². The molecule has 0 fully saturated rings. The molecule has 0 aliphatic rings. The lowest BCUT2D eigenvalue weighted by Crippen LogP contribution is -2.04. The lowest BCUT2D eigenvalue weighted by molar-refractivity contribution is 0.103. The van der Waals surface area contributed by atoms with Crippen LogP contribution < -0.4 is 5.73 Å². The summed E-state index contributed by atoms with van der Waals surface area (Å²) in [6, 6.07) is 16.7. The third kappa shape index (κ3) is 2.19. The molecule has 0 saturated carbocycles. The monoisotopic (exact) mass is 263 g/mol. The zero-order valence-electron chi connectivity index (χ0n) is 10.7. The summed E-state index contributed by atoms with van der Waals surface area (Å²) in [4.78, 5) is 12.4. The first-order valence-corrected chi connectivity index (χ1v) is 6.25. The van der Waals surface area contributed by atoms with Gasteiger partial charge in [-0.3, -0.25) is 4.79 Å². The second-order valence-corrected chi connectivity index (χ2v) is 4.43. The van der Waals surface area contributed by atoms with Crippen molar-refractivity contribution in [3.63, 3.8) is 0 Å². The van der Waals surface area contributed by atoms with E-state index in [-0.39, 0.29) is 5.78 Å². The highest BCUT2D eigenvalue weighted by molar-refractivity contribution is 6.11. The third-order valence-electron chi connectivity index (χ3n) is 3.07. The smallest absolute Gasteiger partial charge is 0.198 e. The van der Waals surface area contributed by atoms with Crippen molar-refractivity contribution >= 4 is 11.5 Å². The van der Waals surface area contributed by atoms with Crippen LogP contribution in [0.1, 0.15) is 15.9 Å².